The maximum absolute atomic E-state index is 11.7. The highest BCUT2D eigenvalue weighted by Gasteiger charge is 2.47. The van der Waals surface area contributed by atoms with E-state index in [1.807, 2.05) is 0 Å². The molecule has 3 rings (SSSR count). The average molecular weight is 272 g/mol. The van der Waals surface area contributed by atoms with Crippen molar-refractivity contribution < 1.29 is 20.1 Å². The predicted molar refractivity (Wildman–Crippen MR) is 72.8 cm³/mol. The van der Waals surface area contributed by atoms with Crippen molar-refractivity contribution in [1.82, 2.24) is 0 Å². The van der Waals surface area contributed by atoms with Gasteiger partial charge in [0.15, 0.2) is 0 Å². The van der Waals surface area contributed by atoms with Crippen LogP contribution in [0.15, 0.2) is 42.5 Å². The van der Waals surface area contributed by atoms with Gasteiger partial charge in [0.25, 0.3) is 0 Å². The normalized spacial score (nSPS) is 15.0. The van der Waals surface area contributed by atoms with Gasteiger partial charge in [-0.05, 0) is 24.3 Å². The summed E-state index contributed by atoms with van der Waals surface area (Å²) < 4.78 is 0. The van der Waals surface area contributed by atoms with Crippen LogP contribution in [0.5, 0.6) is 11.5 Å². The third-order valence-corrected chi connectivity index (χ3v) is 3.28. The molecular formula is C14H12N2O4. The van der Waals surface area contributed by atoms with Gasteiger partial charge in [0.2, 0.25) is 5.66 Å². The first kappa shape index (κ1) is 12.2. The van der Waals surface area contributed by atoms with Gasteiger partial charge in [-0.2, -0.15) is 0 Å². The molecular weight excluding hydrogens is 260 g/mol. The zero-order valence-electron chi connectivity index (χ0n) is 10.3. The van der Waals surface area contributed by atoms with Gasteiger partial charge in [0, 0.05) is 6.07 Å². The van der Waals surface area contributed by atoms with Crippen LogP contribution in [0.3, 0.4) is 0 Å². The lowest BCUT2D eigenvalue weighted by Gasteiger charge is -2.27. The Balaban J connectivity index is 2.15. The van der Waals surface area contributed by atoms with Gasteiger partial charge < -0.3 is 26.0 Å². The first-order valence-electron chi connectivity index (χ1n) is 5.94. The summed E-state index contributed by atoms with van der Waals surface area (Å²) in [6.07, 6.45) is 0. The number of anilines is 2. The van der Waals surface area contributed by atoms with E-state index < -0.39 is 11.6 Å². The van der Waals surface area contributed by atoms with E-state index in [9.17, 15) is 20.1 Å². The number of phenolic OH excluding ortho intramolecular Hbond substituents is 2. The molecule has 0 aliphatic carbocycles. The van der Waals surface area contributed by atoms with Crippen LogP contribution in [0.4, 0.5) is 11.4 Å². The molecule has 0 unspecified atom stereocenters. The van der Waals surface area contributed by atoms with Crippen LogP contribution >= 0.6 is 0 Å². The number of aromatic hydroxyl groups is 2. The molecule has 20 heavy (non-hydrogen) atoms. The Kier molecular flexibility index (Phi) is 2.47. The SMILES string of the molecule is O=C(O)C1(c2ccc(O)cc2O)Nc2ccccc2N1. The van der Waals surface area contributed by atoms with E-state index in [0.717, 1.165) is 6.07 Å². The molecule has 0 spiro atoms. The molecule has 0 radical (unpaired) electrons. The van der Waals surface area contributed by atoms with Crippen LogP contribution in [0.1, 0.15) is 5.56 Å². The molecule has 1 heterocycles. The quantitative estimate of drug-likeness (QED) is 0.572. The van der Waals surface area contributed by atoms with Crippen molar-refractivity contribution in [1.29, 1.82) is 0 Å². The molecule has 0 atom stereocenters. The average Bonchev–Trinajstić information content (AvgIpc) is 2.78. The molecule has 2 aromatic rings. The van der Waals surface area contributed by atoms with E-state index >= 15 is 0 Å². The zero-order chi connectivity index (χ0) is 14.3. The molecule has 1 aliphatic heterocycles. The second-order valence-electron chi connectivity index (χ2n) is 4.55. The number of fused-ring (bicyclic) bond motifs is 1. The highest BCUT2D eigenvalue weighted by atomic mass is 16.4. The number of benzene rings is 2. The topological polar surface area (TPSA) is 102 Å². The number of phenols is 2. The van der Waals surface area contributed by atoms with Gasteiger partial charge in [0.05, 0.1) is 16.9 Å². The van der Waals surface area contributed by atoms with Crippen molar-refractivity contribution in [3.8, 4) is 11.5 Å². The van der Waals surface area contributed by atoms with Crippen molar-refractivity contribution >= 4 is 17.3 Å². The van der Waals surface area contributed by atoms with Crippen molar-refractivity contribution in [3.05, 3.63) is 48.0 Å². The molecule has 0 aromatic heterocycles. The van der Waals surface area contributed by atoms with E-state index in [1.54, 1.807) is 24.3 Å². The summed E-state index contributed by atoms with van der Waals surface area (Å²) in [5, 5.41) is 34.6. The highest BCUT2D eigenvalue weighted by molar-refractivity contribution is 5.95. The van der Waals surface area contributed by atoms with Crippen molar-refractivity contribution in [2.24, 2.45) is 0 Å². The van der Waals surface area contributed by atoms with Crippen LogP contribution in [0.25, 0.3) is 0 Å². The smallest absolute Gasteiger partial charge is 0.355 e. The third kappa shape index (κ3) is 1.62. The fourth-order valence-corrected chi connectivity index (χ4v) is 2.33. The summed E-state index contributed by atoms with van der Waals surface area (Å²) in [6.45, 7) is 0. The molecule has 0 amide bonds. The minimum atomic E-state index is -1.67. The predicted octanol–water partition coefficient (Wildman–Crippen LogP) is 1.87. The van der Waals surface area contributed by atoms with E-state index in [0.29, 0.717) is 11.4 Å². The van der Waals surface area contributed by atoms with Crippen molar-refractivity contribution in [2.75, 3.05) is 10.6 Å². The number of para-hydroxylation sites is 2. The fraction of sp³-hybridized carbons (Fsp3) is 0.0714. The Labute approximate surface area is 114 Å². The van der Waals surface area contributed by atoms with Gasteiger partial charge in [0.1, 0.15) is 11.5 Å². The van der Waals surface area contributed by atoms with Gasteiger partial charge in [-0.1, -0.05) is 12.1 Å². The van der Waals surface area contributed by atoms with Crippen LogP contribution in [-0.4, -0.2) is 21.3 Å². The lowest BCUT2D eigenvalue weighted by Crippen LogP contribution is -2.46. The fourth-order valence-electron chi connectivity index (χ4n) is 2.33. The molecule has 0 saturated carbocycles. The Bertz CT molecular complexity index is 674. The summed E-state index contributed by atoms with van der Waals surface area (Å²) in [4.78, 5) is 11.7. The molecule has 5 N–H and O–H groups in total. The molecule has 102 valence electrons. The number of rotatable bonds is 2. The molecule has 0 fully saturated rings. The highest BCUT2D eigenvalue weighted by Crippen LogP contribution is 2.42. The number of hydrogen-bond donors (Lipinski definition) is 5. The zero-order valence-corrected chi connectivity index (χ0v) is 10.3. The Morgan fingerprint density at radius 3 is 2.10 bits per heavy atom. The Hall–Kier alpha value is -2.89. The minimum Gasteiger partial charge on any atom is -0.508 e. The summed E-state index contributed by atoms with van der Waals surface area (Å²) >= 11 is 0. The van der Waals surface area contributed by atoms with Crippen LogP contribution in [-0.2, 0) is 10.5 Å². The second-order valence-corrected chi connectivity index (χ2v) is 4.55. The Morgan fingerprint density at radius 2 is 1.60 bits per heavy atom. The van der Waals surface area contributed by atoms with Gasteiger partial charge in [-0.3, -0.25) is 0 Å². The molecule has 0 bridgehead atoms. The van der Waals surface area contributed by atoms with Gasteiger partial charge in [-0.25, -0.2) is 4.79 Å². The summed E-state index contributed by atoms with van der Waals surface area (Å²) in [5.74, 6) is -1.63. The number of carboxylic acids is 1. The molecule has 1 aliphatic rings. The van der Waals surface area contributed by atoms with E-state index in [1.165, 1.54) is 12.1 Å². The van der Waals surface area contributed by atoms with Crippen molar-refractivity contribution in [2.45, 2.75) is 5.66 Å². The largest absolute Gasteiger partial charge is 0.508 e. The maximum atomic E-state index is 11.7. The monoisotopic (exact) mass is 272 g/mol. The van der Waals surface area contributed by atoms with E-state index in [2.05, 4.69) is 10.6 Å². The number of hydrogen-bond acceptors (Lipinski definition) is 5. The lowest BCUT2D eigenvalue weighted by atomic mass is 9.98. The number of carbonyl (C=O) groups is 1. The number of nitrogens with one attached hydrogen (secondary N) is 2. The number of aliphatic carboxylic acids is 1. The van der Waals surface area contributed by atoms with Crippen LogP contribution < -0.4 is 10.6 Å². The summed E-state index contributed by atoms with van der Waals surface area (Å²) in [5.41, 5.74) is -0.287. The summed E-state index contributed by atoms with van der Waals surface area (Å²) in [7, 11) is 0. The standard InChI is InChI=1S/C14H12N2O4/c17-8-5-6-9(12(18)7-8)14(13(19)20)15-10-3-1-2-4-11(10)16-14/h1-7,15-18H,(H,19,20). The first-order chi connectivity index (χ1) is 9.53. The van der Waals surface area contributed by atoms with E-state index in [-0.39, 0.29) is 17.1 Å². The number of carboxylic acid groups (broad SMARTS) is 1. The van der Waals surface area contributed by atoms with Crippen LogP contribution in [0, 0.1) is 0 Å². The minimum absolute atomic E-state index is 0.124. The first-order valence-corrected chi connectivity index (χ1v) is 5.94. The van der Waals surface area contributed by atoms with Gasteiger partial charge in [-0.15, -0.1) is 0 Å². The molecule has 0 saturated heterocycles. The molecule has 2 aromatic carbocycles. The molecule has 6 nitrogen and oxygen atoms in total. The van der Waals surface area contributed by atoms with Crippen molar-refractivity contribution in [3.63, 3.8) is 0 Å². The second kappa shape index (κ2) is 4.06. The summed E-state index contributed by atoms with van der Waals surface area (Å²) in [6, 6.07) is 10.8. The lowest BCUT2D eigenvalue weighted by molar-refractivity contribution is -0.141. The van der Waals surface area contributed by atoms with E-state index in [4.69, 9.17) is 0 Å². The molecule has 6 heteroatoms. The Morgan fingerprint density at radius 1 is 1.00 bits per heavy atom. The third-order valence-electron chi connectivity index (χ3n) is 3.28. The van der Waals surface area contributed by atoms with Crippen LogP contribution in [0.2, 0.25) is 0 Å². The van der Waals surface area contributed by atoms with Gasteiger partial charge >= 0.3 is 5.97 Å². The maximum Gasteiger partial charge on any atom is 0.355 e.